The number of phenols is 1. The van der Waals surface area contributed by atoms with Gasteiger partial charge in [0.15, 0.2) is 11.5 Å². The average molecular weight is 396 g/mol. The Morgan fingerprint density at radius 2 is 1.52 bits per heavy atom. The summed E-state index contributed by atoms with van der Waals surface area (Å²) in [4.78, 5) is 2.01. The third-order valence-electron chi connectivity index (χ3n) is 3.55. The van der Waals surface area contributed by atoms with Crippen molar-refractivity contribution in [2.45, 2.75) is 4.90 Å². The zero-order valence-corrected chi connectivity index (χ0v) is 16.0. The molecule has 0 amide bonds. The largest absolute Gasteiger partial charge is 0.502 e. The number of aromatic hydroxyl groups is 1. The summed E-state index contributed by atoms with van der Waals surface area (Å²) in [5.74, 6) is 0.731. The minimum Gasteiger partial charge on any atom is -0.502 e. The monoisotopic (exact) mass is 396 g/mol. The molecule has 0 fully saturated rings. The smallest absolute Gasteiger partial charge is 0.280 e. The standard InChI is InChI=1S/C17H20N2O7S/c1-23-12-5-6-16(13(9-12)24-2)27(21,22)19-18-10-11-7-14(25-3)17(20)15(8-11)26-4/h5-10,19-20H,1-4H3/b18-10-. The molecule has 0 saturated carbocycles. The van der Waals surface area contributed by atoms with Gasteiger partial charge in [-0.3, -0.25) is 0 Å². The quantitative estimate of drug-likeness (QED) is 0.516. The van der Waals surface area contributed by atoms with Gasteiger partial charge in [-0.05, 0) is 24.3 Å². The van der Waals surface area contributed by atoms with Crippen molar-refractivity contribution in [3.8, 4) is 28.7 Å². The summed E-state index contributed by atoms with van der Waals surface area (Å²) in [6.07, 6.45) is 1.25. The third kappa shape index (κ3) is 4.53. The number of methoxy groups -OCH3 is 4. The normalized spacial score (nSPS) is 11.3. The molecule has 27 heavy (non-hydrogen) atoms. The molecule has 0 spiro atoms. The van der Waals surface area contributed by atoms with Crippen molar-refractivity contribution in [1.29, 1.82) is 0 Å². The van der Waals surface area contributed by atoms with Gasteiger partial charge in [-0.25, -0.2) is 0 Å². The summed E-state index contributed by atoms with van der Waals surface area (Å²) in [5.41, 5.74) is 0.450. The molecule has 10 heteroatoms. The fourth-order valence-corrected chi connectivity index (χ4v) is 3.15. The van der Waals surface area contributed by atoms with Crippen LogP contribution in [0.25, 0.3) is 0 Å². The number of hydrogen-bond donors (Lipinski definition) is 2. The first-order chi connectivity index (χ1) is 12.9. The number of phenolic OH excluding ortho intramolecular Hbond substituents is 1. The first-order valence-corrected chi connectivity index (χ1v) is 9.06. The molecule has 0 saturated heterocycles. The predicted molar refractivity (Wildman–Crippen MR) is 98.7 cm³/mol. The lowest BCUT2D eigenvalue weighted by Crippen LogP contribution is -2.19. The molecule has 2 aromatic carbocycles. The van der Waals surface area contributed by atoms with Crippen LogP contribution < -0.4 is 23.8 Å². The topological polar surface area (TPSA) is 116 Å². The van der Waals surface area contributed by atoms with Crippen LogP contribution in [0.5, 0.6) is 28.7 Å². The number of nitrogens with zero attached hydrogens (tertiary/aromatic N) is 1. The van der Waals surface area contributed by atoms with Crippen molar-refractivity contribution in [2.24, 2.45) is 5.10 Å². The summed E-state index contributed by atoms with van der Waals surface area (Å²) < 4.78 is 45.2. The van der Waals surface area contributed by atoms with Gasteiger partial charge >= 0.3 is 0 Å². The molecule has 2 N–H and O–H groups in total. The maximum Gasteiger partial charge on any atom is 0.280 e. The first-order valence-electron chi connectivity index (χ1n) is 7.58. The van der Waals surface area contributed by atoms with E-state index in [1.807, 2.05) is 0 Å². The lowest BCUT2D eigenvalue weighted by Gasteiger charge is -2.11. The Morgan fingerprint density at radius 3 is 2.04 bits per heavy atom. The number of rotatable bonds is 8. The molecule has 2 aromatic rings. The lowest BCUT2D eigenvalue weighted by atomic mass is 10.2. The molecule has 0 bridgehead atoms. The molecule has 0 heterocycles. The van der Waals surface area contributed by atoms with Gasteiger partial charge in [0.25, 0.3) is 10.0 Å². The molecule has 0 atom stereocenters. The number of ether oxygens (including phenoxy) is 4. The second kappa shape index (κ2) is 8.49. The van der Waals surface area contributed by atoms with E-state index in [9.17, 15) is 13.5 Å². The van der Waals surface area contributed by atoms with Crippen LogP contribution in [0, 0.1) is 0 Å². The molecular weight excluding hydrogens is 376 g/mol. The van der Waals surface area contributed by atoms with E-state index in [-0.39, 0.29) is 27.9 Å². The van der Waals surface area contributed by atoms with Crippen LogP contribution in [0.4, 0.5) is 0 Å². The van der Waals surface area contributed by atoms with E-state index < -0.39 is 10.0 Å². The summed E-state index contributed by atoms with van der Waals surface area (Å²) in [6.45, 7) is 0. The molecule has 0 unspecified atom stereocenters. The van der Waals surface area contributed by atoms with Gasteiger partial charge in [0.2, 0.25) is 5.75 Å². The van der Waals surface area contributed by atoms with Gasteiger partial charge in [-0.15, -0.1) is 0 Å². The average Bonchev–Trinajstić information content (AvgIpc) is 2.68. The zero-order chi connectivity index (χ0) is 20.0. The maximum absolute atomic E-state index is 12.5. The molecule has 0 aliphatic carbocycles. The van der Waals surface area contributed by atoms with E-state index in [1.165, 1.54) is 65.0 Å². The Hall–Kier alpha value is -3.14. The Bertz CT molecular complexity index is 917. The first kappa shape index (κ1) is 20.2. The van der Waals surface area contributed by atoms with Gasteiger partial charge in [0.05, 0.1) is 34.7 Å². The Labute approximate surface area is 157 Å². The Balaban J connectivity index is 2.28. The van der Waals surface area contributed by atoms with Crippen LogP contribution in [0.15, 0.2) is 40.3 Å². The minimum atomic E-state index is -3.98. The van der Waals surface area contributed by atoms with Gasteiger partial charge in [-0.2, -0.15) is 18.4 Å². The van der Waals surface area contributed by atoms with Crippen molar-refractivity contribution < 1.29 is 32.5 Å². The summed E-state index contributed by atoms with van der Waals surface area (Å²) in [6, 6.07) is 7.25. The van der Waals surface area contributed by atoms with Crippen LogP contribution in [-0.2, 0) is 10.0 Å². The van der Waals surface area contributed by atoms with Gasteiger partial charge in [0.1, 0.15) is 16.4 Å². The SMILES string of the molecule is COc1ccc(S(=O)(=O)N/N=C\c2cc(OC)c(O)c(OC)c2)c(OC)c1. The number of nitrogens with one attached hydrogen (secondary N) is 1. The van der Waals surface area contributed by atoms with E-state index in [4.69, 9.17) is 18.9 Å². The highest BCUT2D eigenvalue weighted by molar-refractivity contribution is 7.89. The van der Waals surface area contributed by atoms with Crippen molar-refractivity contribution in [3.63, 3.8) is 0 Å². The number of hydrogen-bond acceptors (Lipinski definition) is 8. The van der Waals surface area contributed by atoms with Crippen LogP contribution in [0.1, 0.15) is 5.56 Å². The van der Waals surface area contributed by atoms with E-state index in [0.717, 1.165) is 0 Å². The highest BCUT2D eigenvalue weighted by Crippen LogP contribution is 2.36. The van der Waals surface area contributed by atoms with Crippen LogP contribution in [0.2, 0.25) is 0 Å². The van der Waals surface area contributed by atoms with Gasteiger partial charge in [0, 0.05) is 11.6 Å². The van der Waals surface area contributed by atoms with E-state index in [1.54, 1.807) is 0 Å². The molecule has 0 radical (unpaired) electrons. The Morgan fingerprint density at radius 1 is 0.926 bits per heavy atom. The second-order valence-corrected chi connectivity index (χ2v) is 6.77. The van der Waals surface area contributed by atoms with Crippen molar-refractivity contribution in [3.05, 3.63) is 35.9 Å². The molecular formula is C17H20N2O7S. The van der Waals surface area contributed by atoms with Crippen molar-refractivity contribution >= 4 is 16.2 Å². The number of benzene rings is 2. The molecule has 0 aromatic heterocycles. The molecule has 0 aliphatic heterocycles. The highest BCUT2D eigenvalue weighted by Gasteiger charge is 2.19. The van der Waals surface area contributed by atoms with Crippen LogP contribution >= 0.6 is 0 Å². The van der Waals surface area contributed by atoms with E-state index >= 15 is 0 Å². The lowest BCUT2D eigenvalue weighted by molar-refractivity contribution is 0.340. The predicted octanol–water partition coefficient (Wildman–Crippen LogP) is 1.74. The van der Waals surface area contributed by atoms with Crippen molar-refractivity contribution in [2.75, 3.05) is 28.4 Å². The molecule has 2 rings (SSSR count). The summed E-state index contributed by atoms with van der Waals surface area (Å²) >= 11 is 0. The molecule has 0 aliphatic rings. The minimum absolute atomic E-state index is 0.0937. The summed E-state index contributed by atoms with van der Waals surface area (Å²) in [7, 11) is 1.61. The highest BCUT2D eigenvalue weighted by atomic mass is 32.2. The van der Waals surface area contributed by atoms with E-state index in [2.05, 4.69) is 9.93 Å². The van der Waals surface area contributed by atoms with Crippen LogP contribution in [-0.4, -0.2) is 48.2 Å². The Kier molecular flexibility index (Phi) is 6.35. The van der Waals surface area contributed by atoms with Crippen molar-refractivity contribution in [1.82, 2.24) is 4.83 Å². The third-order valence-corrected chi connectivity index (χ3v) is 4.81. The van der Waals surface area contributed by atoms with Gasteiger partial charge in [-0.1, -0.05) is 0 Å². The fraction of sp³-hybridized carbons (Fsp3) is 0.235. The van der Waals surface area contributed by atoms with E-state index in [0.29, 0.717) is 11.3 Å². The zero-order valence-electron chi connectivity index (χ0n) is 15.2. The number of hydrazone groups is 1. The van der Waals surface area contributed by atoms with Crippen LogP contribution in [0.3, 0.4) is 0 Å². The fourth-order valence-electron chi connectivity index (χ4n) is 2.20. The second-order valence-electron chi connectivity index (χ2n) is 5.14. The molecule has 146 valence electrons. The molecule has 9 nitrogen and oxygen atoms in total. The maximum atomic E-state index is 12.5. The summed E-state index contributed by atoms with van der Waals surface area (Å²) in [5, 5.41) is 13.6. The van der Waals surface area contributed by atoms with Gasteiger partial charge < -0.3 is 24.1 Å². The number of sulfonamides is 1.